The van der Waals surface area contributed by atoms with Crippen LogP contribution in [0.3, 0.4) is 0 Å². The molecule has 0 saturated heterocycles. The van der Waals surface area contributed by atoms with Crippen LogP contribution in [0.15, 0.2) is 41.8 Å². The van der Waals surface area contributed by atoms with Gasteiger partial charge < -0.3 is 4.74 Å². The van der Waals surface area contributed by atoms with E-state index in [9.17, 15) is 14.0 Å². The minimum atomic E-state index is -0.568. The van der Waals surface area contributed by atoms with E-state index in [1.165, 1.54) is 34.8 Å². The van der Waals surface area contributed by atoms with E-state index in [-0.39, 0.29) is 18.2 Å². The molecule has 0 bridgehead atoms. The fraction of sp³-hybridized carbons (Fsp3) is 0.0667. The van der Waals surface area contributed by atoms with E-state index < -0.39 is 5.97 Å². The van der Waals surface area contributed by atoms with Crippen molar-refractivity contribution in [3.63, 3.8) is 0 Å². The molecule has 0 saturated carbocycles. The lowest BCUT2D eigenvalue weighted by Crippen LogP contribution is -2.12. The van der Waals surface area contributed by atoms with Gasteiger partial charge in [-0.05, 0) is 41.1 Å². The van der Waals surface area contributed by atoms with Crippen LogP contribution in [0.4, 0.5) is 4.39 Å². The fourth-order valence-corrected chi connectivity index (χ4v) is 3.41. The Kier molecular flexibility index (Phi) is 3.81. The Balaban J connectivity index is 1.70. The monoisotopic (exact) mass is 320 g/mol. The molecule has 2 aromatic heterocycles. The molecular weight excluding hydrogens is 311 g/mol. The summed E-state index contributed by atoms with van der Waals surface area (Å²) in [6.07, 6.45) is 0. The molecule has 0 aliphatic heterocycles. The lowest BCUT2D eigenvalue weighted by Gasteiger charge is -2.00. The van der Waals surface area contributed by atoms with Crippen molar-refractivity contribution in [1.82, 2.24) is 0 Å². The number of Topliss-reactive ketones (excluding diaryl/α,β-unsaturated/α-hetero) is 1. The molecule has 21 heavy (non-hydrogen) atoms. The van der Waals surface area contributed by atoms with Crippen LogP contribution < -0.4 is 0 Å². The highest BCUT2D eigenvalue weighted by Gasteiger charge is 2.15. The number of fused-ring (bicyclic) bond motifs is 1. The number of rotatable bonds is 4. The minimum Gasteiger partial charge on any atom is -0.453 e. The topological polar surface area (TPSA) is 43.4 Å². The lowest BCUT2D eigenvalue weighted by molar-refractivity contribution is 0.0481. The Bertz CT molecular complexity index is 806. The van der Waals surface area contributed by atoms with Crippen LogP contribution in [0.5, 0.6) is 0 Å². The molecule has 3 rings (SSSR count). The standard InChI is InChI=1S/C15H9FO3S2/c16-10-3-4-12-9(6-10)7-14(21-12)15(18)19-8-11(17)13-2-1-5-20-13/h1-7H,8H2. The van der Waals surface area contributed by atoms with Gasteiger partial charge in [-0.25, -0.2) is 9.18 Å². The number of carbonyl (C=O) groups excluding carboxylic acids is 2. The van der Waals surface area contributed by atoms with E-state index in [1.807, 2.05) is 0 Å². The van der Waals surface area contributed by atoms with Gasteiger partial charge in [0.05, 0.1) is 4.88 Å². The van der Waals surface area contributed by atoms with Crippen LogP contribution >= 0.6 is 22.7 Å². The smallest absolute Gasteiger partial charge is 0.348 e. The molecule has 1 aromatic carbocycles. The highest BCUT2D eigenvalue weighted by molar-refractivity contribution is 7.20. The number of halogens is 1. The van der Waals surface area contributed by atoms with Gasteiger partial charge in [-0.2, -0.15) is 0 Å². The predicted octanol–water partition coefficient (Wildman–Crippen LogP) is 4.14. The molecule has 3 nitrogen and oxygen atoms in total. The summed E-state index contributed by atoms with van der Waals surface area (Å²) in [6.45, 7) is -0.290. The molecule has 0 aliphatic rings. The first-order valence-electron chi connectivity index (χ1n) is 6.06. The van der Waals surface area contributed by atoms with Gasteiger partial charge in [-0.1, -0.05) is 6.07 Å². The van der Waals surface area contributed by atoms with Gasteiger partial charge in [-0.3, -0.25) is 4.79 Å². The van der Waals surface area contributed by atoms with Crippen LogP contribution in [0.2, 0.25) is 0 Å². The molecule has 0 amide bonds. The maximum absolute atomic E-state index is 13.1. The Morgan fingerprint density at radius 2 is 2.00 bits per heavy atom. The van der Waals surface area contributed by atoms with Gasteiger partial charge in [0.25, 0.3) is 0 Å². The first kappa shape index (κ1) is 13.9. The van der Waals surface area contributed by atoms with Crippen molar-refractivity contribution in [1.29, 1.82) is 0 Å². The van der Waals surface area contributed by atoms with Crippen LogP contribution in [-0.4, -0.2) is 18.4 Å². The number of thiophene rings is 2. The molecular formula is C15H9FO3S2. The van der Waals surface area contributed by atoms with Crippen molar-refractivity contribution >= 4 is 44.5 Å². The molecule has 6 heteroatoms. The summed E-state index contributed by atoms with van der Waals surface area (Å²) in [6, 6.07) is 9.33. The number of esters is 1. The van der Waals surface area contributed by atoms with Crippen molar-refractivity contribution < 1.29 is 18.7 Å². The van der Waals surface area contributed by atoms with E-state index in [4.69, 9.17) is 4.74 Å². The quantitative estimate of drug-likeness (QED) is 0.536. The Labute approximate surface area is 127 Å². The number of carbonyl (C=O) groups is 2. The lowest BCUT2D eigenvalue weighted by atomic mass is 10.2. The van der Waals surface area contributed by atoms with E-state index in [2.05, 4.69) is 0 Å². The SMILES string of the molecule is O=C(COC(=O)c1cc2cc(F)ccc2s1)c1cccs1. The number of benzene rings is 1. The van der Waals surface area contributed by atoms with E-state index in [1.54, 1.807) is 29.6 Å². The highest BCUT2D eigenvalue weighted by Crippen LogP contribution is 2.26. The minimum absolute atomic E-state index is 0.231. The van der Waals surface area contributed by atoms with Gasteiger partial charge in [0.15, 0.2) is 6.61 Å². The molecule has 0 unspecified atom stereocenters. The number of ether oxygens (including phenoxy) is 1. The zero-order valence-electron chi connectivity index (χ0n) is 10.7. The third-order valence-corrected chi connectivity index (χ3v) is 4.82. The number of hydrogen-bond donors (Lipinski definition) is 0. The summed E-state index contributed by atoms with van der Waals surface area (Å²) in [4.78, 5) is 24.6. The molecule has 0 N–H and O–H groups in total. The summed E-state index contributed by atoms with van der Waals surface area (Å²) in [5.41, 5.74) is 0. The summed E-state index contributed by atoms with van der Waals surface area (Å²) in [5.74, 6) is -1.15. The average Bonchev–Trinajstić information content (AvgIpc) is 3.12. The molecule has 106 valence electrons. The van der Waals surface area contributed by atoms with E-state index >= 15 is 0 Å². The first-order chi connectivity index (χ1) is 10.1. The second-order valence-corrected chi connectivity index (χ2v) is 6.30. The zero-order valence-corrected chi connectivity index (χ0v) is 12.3. The third kappa shape index (κ3) is 3.01. The Morgan fingerprint density at radius 1 is 1.14 bits per heavy atom. The Hall–Kier alpha value is -2.05. The van der Waals surface area contributed by atoms with E-state index in [0.29, 0.717) is 15.1 Å². The second kappa shape index (κ2) is 5.75. The average molecular weight is 320 g/mol. The van der Waals surface area contributed by atoms with Crippen molar-refractivity contribution in [2.45, 2.75) is 0 Å². The molecule has 3 aromatic rings. The summed E-state index contributed by atoms with van der Waals surface area (Å²) in [7, 11) is 0. The van der Waals surface area contributed by atoms with Gasteiger partial charge in [-0.15, -0.1) is 22.7 Å². The zero-order chi connectivity index (χ0) is 14.8. The van der Waals surface area contributed by atoms with Gasteiger partial charge in [0, 0.05) is 4.70 Å². The fourth-order valence-electron chi connectivity index (χ4n) is 1.83. The predicted molar refractivity (Wildman–Crippen MR) is 80.7 cm³/mol. The third-order valence-electron chi connectivity index (χ3n) is 2.81. The summed E-state index contributed by atoms with van der Waals surface area (Å²) in [5, 5.41) is 2.44. The molecule has 0 spiro atoms. The molecule has 0 radical (unpaired) electrons. The molecule has 0 atom stereocenters. The largest absolute Gasteiger partial charge is 0.453 e. The summed E-state index contributed by atoms with van der Waals surface area (Å²) < 4.78 is 18.9. The van der Waals surface area contributed by atoms with Crippen molar-refractivity contribution in [3.05, 3.63) is 57.3 Å². The van der Waals surface area contributed by atoms with Gasteiger partial charge >= 0.3 is 5.97 Å². The van der Waals surface area contributed by atoms with Crippen LogP contribution in [0.1, 0.15) is 19.3 Å². The van der Waals surface area contributed by atoms with Crippen molar-refractivity contribution in [2.24, 2.45) is 0 Å². The van der Waals surface area contributed by atoms with E-state index in [0.717, 1.165) is 4.70 Å². The van der Waals surface area contributed by atoms with Crippen LogP contribution in [0.25, 0.3) is 10.1 Å². The number of ketones is 1. The highest BCUT2D eigenvalue weighted by atomic mass is 32.1. The van der Waals surface area contributed by atoms with Crippen molar-refractivity contribution in [3.8, 4) is 0 Å². The van der Waals surface area contributed by atoms with Gasteiger partial charge in [0.1, 0.15) is 10.7 Å². The second-order valence-electron chi connectivity index (χ2n) is 4.27. The Morgan fingerprint density at radius 3 is 2.76 bits per heavy atom. The van der Waals surface area contributed by atoms with Crippen molar-refractivity contribution in [2.75, 3.05) is 6.61 Å². The maximum Gasteiger partial charge on any atom is 0.348 e. The first-order valence-corrected chi connectivity index (χ1v) is 7.76. The van der Waals surface area contributed by atoms with Gasteiger partial charge in [0.2, 0.25) is 5.78 Å². The van der Waals surface area contributed by atoms with Crippen LogP contribution in [-0.2, 0) is 4.74 Å². The molecule has 2 heterocycles. The molecule has 0 fully saturated rings. The van der Waals surface area contributed by atoms with Crippen LogP contribution in [0, 0.1) is 5.82 Å². The normalized spacial score (nSPS) is 10.7. The maximum atomic E-state index is 13.1. The number of hydrogen-bond acceptors (Lipinski definition) is 5. The summed E-state index contributed by atoms with van der Waals surface area (Å²) >= 11 is 2.52. The molecule has 0 aliphatic carbocycles.